The van der Waals surface area contributed by atoms with Crippen molar-refractivity contribution in [2.75, 3.05) is 11.4 Å². The number of nitrogens with zero attached hydrogens (tertiary/aromatic N) is 2. The van der Waals surface area contributed by atoms with Gasteiger partial charge >= 0.3 is 0 Å². The predicted molar refractivity (Wildman–Crippen MR) is 63.4 cm³/mol. The zero-order valence-corrected chi connectivity index (χ0v) is 10.3. The Morgan fingerprint density at radius 3 is 2.80 bits per heavy atom. The van der Waals surface area contributed by atoms with E-state index >= 15 is 0 Å². The number of aromatic nitrogens is 1. The Hall–Kier alpha value is -0.610. The van der Waals surface area contributed by atoms with E-state index in [0.717, 1.165) is 16.6 Å². The Kier molecular flexibility index (Phi) is 2.73. The van der Waals surface area contributed by atoms with Crippen LogP contribution < -0.4 is 4.90 Å². The van der Waals surface area contributed by atoms with E-state index in [1.165, 1.54) is 12.8 Å². The first-order valence-electron chi connectivity index (χ1n) is 5.42. The Morgan fingerprint density at radius 1 is 1.60 bits per heavy atom. The minimum absolute atomic E-state index is 0.216. The molecule has 1 saturated heterocycles. The number of hydrogen-bond donors (Lipinski definition) is 1. The Balaban J connectivity index is 2.22. The van der Waals surface area contributed by atoms with Crippen LogP contribution in [-0.4, -0.2) is 22.2 Å². The molecule has 0 spiro atoms. The van der Waals surface area contributed by atoms with Gasteiger partial charge in [-0.15, -0.1) is 0 Å². The monoisotopic (exact) mass is 226 g/mol. The molecule has 15 heavy (non-hydrogen) atoms. The summed E-state index contributed by atoms with van der Waals surface area (Å²) in [5.41, 5.74) is 0.216. The molecule has 2 heterocycles. The van der Waals surface area contributed by atoms with Gasteiger partial charge in [0.2, 0.25) is 0 Å². The van der Waals surface area contributed by atoms with Gasteiger partial charge in [-0.05, 0) is 33.6 Å². The minimum Gasteiger partial charge on any atom is -0.388 e. The molecule has 1 atom stereocenters. The highest BCUT2D eigenvalue weighted by Gasteiger charge is 2.33. The summed E-state index contributed by atoms with van der Waals surface area (Å²) < 4.78 is 0. The fourth-order valence-electron chi connectivity index (χ4n) is 2.06. The van der Waals surface area contributed by atoms with Gasteiger partial charge in [-0.3, -0.25) is 0 Å². The lowest BCUT2D eigenvalue weighted by Crippen LogP contribution is -2.37. The first kappa shape index (κ1) is 10.9. The summed E-state index contributed by atoms with van der Waals surface area (Å²) >= 11 is 1.61. The van der Waals surface area contributed by atoms with E-state index in [1.54, 1.807) is 24.5 Å². The summed E-state index contributed by atoms with van der Waals surface area (Å²) in [4.78, 5) is 7.70. The third-order valence-electron chi connectivity index (χ3n) is 3.06. The topological polar surface area (TPSA) is 36.4 Å². The molecule has 1 aliphatic heterocycles. The highest BCUT2D eigenvalue weighted by molar-refractivity contribution is 7.15. The van der Waals surface area contributed by atoms with Gasteiger partial charge in [0, 0.05) is 18.3 Å². The summed E-state index contributed by atoms with van der Waals surface area (Å²) in [6.07, 6.45) is 3.84. The molecule has 0 amide bonds. The summed E-state index contributed by atoms with van der Waals surface area (Å²) in [6.45, 7) is 7.37. The maximum atomic E-state index is 9.46. The van der Waals surface area contributed by atoms with Crippen LogP contribution in [0.4, 0.5) is 5.13 Å². The molecular formula is C11H18N2OS. The van der Waals surface area contributed by atoms with Crippen LogP contribution >= 0.6 is 11.3 Å². The standard InChI is InChI=1S/C11H18N2OS/c1-8(14)9-7-12-10(15-9)13-6-4-5-11(13,2)3/h7-8,14H,4-6H2,1-3H3. The van der Waals surface area contributed by atoms with Gasteiger partial charge < -0.3 is 10.0 Å². The second kappa shape index (κ2) is 3.76. The molecule has 0 bridgehead atoms. The lowest BCUT2D eigenvalue weighted by atomic mass is 10.0. The first-order chi connectivity index (χ1) is 7.00. The van der Waals surface area contributed by atoms with E-state index in [-0.39, 0.29) is 5.54 Å². The second-order valence-corrected chi connectivity index (χ2v) is 5.83. The van der Waals surface area contributed by atoms with Crippen molar-refractivity contribution in [2.45, 2.75) is 45.3 Å². The van der Waals surface area contributed by atoms with Crippen LogP contribution in [0.15, 0.2) is 6.20 Å². The lowest BCUT2D eigenvalue weighted by molar-refractivity contribution is 0.203. The van der Waals surface area contributed by atoms with E-state index in [4.69, 9.17) is 0 Å². The van der Waals surface area contributed by atoms with E-state index < -0.39 is 6.10 Å². The highest BCUT2D eigenvalue weighted by atomic mass is 32.1. The zero-order chi connectivity index (χ0) is 11.1. The third-order valence-corrected chi connectivity index (χ3v) is 4.25. The van der Waals surface area contributed by atoms with Crippen LogP contribution in [0, 0.1) is 0 Å². The molecule has 1 unspecified atom stereocenters. The first-order valence-corrected chi connectivity index (χ1v) is 6.24. The molecule has 0 radical (unpaired) electrons. The molecule has 0 aromatic carbocycles. The van der Waals surface area contributed by atoms with E-state index in [2.05, 4.69) is 23.7 Å². The van der Waals surface area contributed by atoms with Gasteiger partial charge in [-0.25, -0.2) is 4.98 Å². The third kappa shape index (κ3) is 2.01. The fraction of sp³-hybridized carbons (Fsp3) is 0.727. The second-order valence-electron chi connectivity index (χ2n) is 4.79. The summed E-state index contributed by atoms with van der Waals surface area (Å²) in [5.74, 6) is 0. The molecule has 3 nitrogen and oxygen atoms in total. The number of anilines is 1. The Morgan fingerprint density at radius 2 is 2.33 bits per heavy atom. The minimum atomic E-state index is -0.401. The smallest absolute Gasteiger partial charge is 0.186 e. The number of hydrogen-bond acceptors (Lipinski definition) is 4. The van der Waals surface area contributed by atoms with Gasteiger partial charge in [0.05, 0.1) is 11.0 Å². The molecule has 1 fully saturated rings. The van der Waals surface area contributed by atoms with Crippen molar-refractivity contribution in [3.63, 3.8) is 0 Å². The van der Waals surface area contributed by atoms with E-state index in [1.807, 2.05) is 0 Å². The molecule has 2 rings (SSSR count). The SMILES string of the molecule is CC(O)c1cnc(N2CCCC2(C)C)s1. The van der Waals surface area contributed by atoms with Crippen molar-refractivity contribution >= 4 is 16.5 Å². The van der Waals surface area contributed by atoms with Crippen LogP contribution in [0.2, 0.25) is 0 Å². The molecule has 1 aromatic heterocycles. The highest BCUT2D eigenvalue weighted by Crippen LogP contribution is 2.36. The van der Waals surface area contributed by atoms with E-state index in [9.17, 15) is 5.11 Å². The van der Waals surface area contributed by atoms with Crippen LogP contribution in [0.1, 0.15) is 44.6 Å². The van der Waals surface area contributed by atoms with Crippen LogP contribution in [0.3, 0.4) is 0 Å². The Labute approximate surface area is 94.8 Å². The van der Waals surface area contributed by atoms with Gasteiger partial charge in [-0.1, -0.05) is 11.3 Å². The van der Waals surface area contributed by atoms with Crippen molar-refractivity contribution in [3.8, 4) is 0 Å². The van der Waals surface area contributed by atoms with Crippen LogP contribution in [-0.2, 0) is 0 Å². The maximum Gasteiger partial charge on any atom is 0.186 e. The largest absolute Gasteiger partial charge is 0.388 e. The quantitative estimate of drug-likeness (QED) is 0.842. The number of aliphatic hydroxyl groups excluding tert-OH is 1. The van der Waals surface area contributed by atoms with Crippen molar-refractivity contribution < 1.29 is 5.11 Å². The predicted octanol–water partition coefficient (Wildman–Crippen LogP) is 2.58. The van der Waals surface area contributed by atoms with Crippen molar-refractivity contribution in [1.82, 2.24) is 4.98 Å². The van der Waals surface area contributed by atoms with Gasteiger partial charge in [-0.2, -0.15) is 0 Å². The summed E-state index contributed by atoms with van der Waals surface area (Å²) in [6, 6.07) is 0. The van der Waals surface area contributed by atoms with Crippen molar-refractivity contribution in [3.05, 3.63) is 11.1 Å². The maximum absolute atomic E-state index is 9.46. The number of thiazole rings is 1. The molecular weight excluding hydrogens is 208 g/mol. The zero-order valence-electron chi connectivity index (χ0n) is 9.53. The van der Waals surface area contributed by atoms with Crippen LogP contribution in [0.5, 0.6) is 0 Å². The van der Waals surface area contributed by atoms with E-state index in [0.29, 0.717) is 0 Å². The van der Waals surface area contributed by atoms with Crippen molar-refractivity contribution in [2.24, 2.45) is 0 Å². The van der Waals surface area contributed by atoms with Crippen molar-refractivity contribution in [1.29, 1.82) is 0 Å². The normalized spacial score (nSPS) is 22.0. The van der Waals surface area contributed by atoms with Gasteiger partial charge in [0.25, 0.3) is 0 Å². The molecule has 0 aliphatic carbocycles. The molecule has 1 aliphatic rings. The molecule has 1 N–H and O–H groups in total. The number of aliphatic hydroxyl groups is 1. The average Bonchev–Trinajstić information content (AvgIpc) is 2.69. The fourth-order valence-corrected chi connectivity index (χ4v) is 3.10. The average molecular weight is 226 g/mol. The molecule has 4 heteroatoms. The van der Waals surface area contributed by atoms with Gasteiger partial charge in [0.15, 0.2) is 5.13 Å². The van der Waals surface area contributed by atoms with Crippen LogP contribution in [0.25, 0.3) is 0 Å². The summed E-state index contributed by atoms with van der Waals surface area (Å²) in [7, 11) is 0. The van der Waals surface area contributed by atoms with Gasteiger partial charge in [0.1, 0.15) is 0 Å². The molecule has 0 saturated carbocycles. The molecule has 1 aromatic rings. The lowest BCUT2D eigenvalue weighted by Gasteiger charge is -2.31. The Bertz CT molecular complexity index is 346. The molecule has 84 valence electrons. The summed E-state index contributed by atoms with van der Waals surface area (Å²) in [5, 5.41) is 10.5. The number of rotatable bonds is 2.